The second kappa shape index (κ2) is 5.85. The van der Waals surface area contributed by atoms with Crippen molar-refractivity contribution >= 4 is 23.1 Å². The highest BCUT2D eigenvalue weighted by Gasteiger charge is 2.19. The highest BCUT2D eigenvalue weighted by Crippen LogP contribution is 2.21. The zero-order chi connectivity index (χ0) is 14.8. The predicted molar refractivity (Wildman–Crippen MR) is 85.2 cm³/mol. The van der Waals surface area contributed by atoms with Crippen molar-refractivity contribution in [2.45, 2.75) is 13.8 Å². The summed E-state index contributed by atoms with van der Waals surface area (Å²) in [6.45, 7) is 7.72. The molecular formula is C15H18ClN5. The first-order valence-corrected chi connectivity index (χ1v) is 7.43. The molecule has 0 aliphatic carbocycles. The van der Waals surface area contributed by atoms with E-state index in [2.05, 4.69) is 24.8 Å². The van der Waals surface area contributed by atoms with E-state index in [-0.39, 0.29) is 0 Å². The van der Waals surface area contributed by atoms with Gasteiger partial charge >= 0.3 is 0 Å². The molecule has 1 aliphatic heterocycles. The lowest BCUT2D eigenvalue weighted by Gasteiger charge is -2.36. The van der Waals surface area contributed by atoms with Gasteiger partial charge in [0.2, 0.25) is 0 Å². The lowest BCUT2D eigenvalue weighted by Crippen LogP contribution is -2.47. The molecule has 0 N–H and O–H groups in total. The van der Waals surface area contributed by atoms with Crippen LogP contribution in [0.3, 0.4) is 0 Å². The average molecular weight is 304 g/mol. The number of aromatic nitrogens is 3. The van der Waals surface area contributed by atoms with Crippen LogP contribution in [0.15, 0.2) is 24.4 Å². The SMILES string of the molecule is Cc1cc(N2CCN(c3ccnc(Cl)c3)CC2)nc(C)n1. The van der Waals surface area contributed by atoms with Gasteiger partial charge in [-0.3, -0.25) is 0 Å². The largest absolute Gasteiger partial charge is 0.368 e. The van der Waals surface area contributed by atoms with Gasteiger partial charge in [0, 0.05) is 49.8 Å². The molecule has 2 aromatic heterocycles. The molecule has 6 heteroatoms. The third kappa shape index (κ3) is 3.24. The minimum atomic E-state index is 0.539. The first kappa shape index (κ1) is 14.1. The Balaban J connectivity index is 1.70. The maximum Gasteiger partial charge on any atom is 0.132 e. The summed E-state index contributed by atoms with van der Waals surface area (Å²) in [5, 5.41) is 0.539. The van der Waals surface area contributed by atoms with E-state index in [0.717, 1.165) is 49.2 Å². The van der Waals surface area contributed by atoms with E-state index >= 15 is 0 Å². The Morgan fingerprint density at radius 1 is 1.00 bits per heavy atom. The molecule has 0 aromatic carbocycles. The molecule has 0 amide bonds. The highest BCUT2D eigenvalue weighted by molar-refractivity contribution is 6.29. The molecule has 0 saturated carbocycles. The molecule has 0 radical (unpaired) electrons. The van der Waals surface area contributed by atoms with E-state index in [1.54, 1.807) is 6.20 Å². The summed E-state index contributed by atoms with van der Waals surface area (Å²) in [4.78, 5) is 17.5. The van der Waals surface area contributed by atoms with Gasteiger partial charge in [0.15, 0.2) is 0 Å². The standard InChI is InChI=1S/C15H18ClN5/c1-11-9-15(19-12(2)18-11)21-7-5-20(6-8-21)13-3-4-17-14(16)10-13/h3-4,9-10H,5-8H2,1-2H3. The fourth-order valence-corrected chi connectivity index (χ4v) is 2.81. The molecule has 0 bridgehead atoms. The topological polar surface area (TPSA) is 45.2 Å². The molecule has 21 heavy (non-hydrogen) atoms. The highest BCUT2D eigenvalue weighted by atomic mass is 35.5. The summed E-state index contributed by atoms with van der Waals surface area (Å²) >= 11 is 5.96. The van der Waals surface area contributed by atoms with Gasteiger partial charge in [-0.1, -0.05) is 11.6 Å². The van der Waals surface area contributed by atoms with Crippen LogP contribution in [0.25, 0.3) is 0 Å². The van der Waals surface area contributed by atoms with Gasteiger partial charge in [0.25, 0.3) is 0 Å². The summed E-state index contributed by atoms with van der Waals surface area (Å²) in [6, 6.07) is 5.96. The molecule has 2 aromatic rings. The number of pyridine rings is 1. The number of hydrogen-bond acceptors (Lipinski definition) is 5. The molecule has 0 spiro atoms. The van der Waals surface area contributed by atoms with Gasteiger partial charge in [-0.2, -0.15) is 0 Å². The van der Waals surface area contributed by atoms with Crippen molar-refractivity contribution in [1.29, 1.82) is 0 Å². The summed E-state index contributed by atoms with van der Waals surface area (Å²) in [6.07, 6.45) is 1.75. The minimum Gasteiger partial charge on any atom is -0.368 e. The van der Waals surface area contributed by atoms with Gasteiger partial charge in [-0.15, -0.1) is 0 Å². The third-order valence-electron chi connectivity index (χ3n) is 3.63. The smallest absolute Gasteiger partial charge is 0.132 e. The van der Waals surface area contributed by atoms with E-state index in [9.17, 15) is 0 Å². The number of piperazine rings is 1. The quantitative estimate of drug-likeness (QED) is 0.798. The normalized spacial score (nSPS) is 15.4. The van der Waals surface area contributed by atoms with Crippen LogP contribution in [-0.2, 0) is 0 Å². The maximum atomic E-state index is 5.96. The Morgan fingerprint density at radius 2 is 1.71 bits per heavy atom. The molecule has 1 aliphatic rings. The van der Waals surface area contributed by atoms with Crippen LogP contribution in [0.2, 0.25) is 5.15 Å². The first-order valence-electron chi connectivity index (χ1n) is 7.05. The number of nitrogens with zero attached hydrogens (tertiary/aromatic N) is 5. The molecule has 110 valence electrons. The Bertz CT molecular complexity index is 617. The van der Waals surface area contributed by atoms with Crippen LogP contribution in [0, 0.1) is 13.8 Å². The summed E-state index contributed by atoms with van der Waals surface area (Å²) in [5.41, 5.74) is 2.14. The number of anilines is 2. The maximum absolute atomic E-state index is 5.96. The van der Waals surface area contributed by atoms with Crippen molar-refractivity contribution in [3.05, 3.63) is 41.1 Å². The van der Waals surface area contributed by atoms with Crippen LogP contribution in [0.5, 0.6) is 0 Å². The molecular weight excluding hydrogens is 286 g/mol. The second-order valence-corrected chi connectivity index (χ2v) is 5.61. The molecule has 1 saturated heterocycles. The number of halogens is 1. The lowest BCUT2D eigenvalue weighted by molar-refractivity contribution is 0.645. The van der Waals surface area contributed by atoms with Crippen molar-refractivity contribution in [2.24, 2.45) is 0 Å². The summed E-state index contributed by atoms with van der Waals surface area (Å²) in [7, 11) is 0. The first-order chi connectivity index (χ1) is 10.1. The van der Waals surface area contributed by atoms with E-state index < -0.39 is 0 Å². The Kier molecular flexibility index (Phi) is 3.92. The molecule has 0 atom stereocenters. The van der Waals surface area contributed by atoms with E-state index in [1.807, 2.05) is 32.0 Å². The third-order valence-corrected chi connectivity index (χ3v) is 3.84. The zero-order valence-corrected chi connectivity index (χ0v) is 13.0. The van der Waals surface area contributed by atoms with Crippen molar-refractivity contribution in [2.75, 3.05) is 36.0 Å². The number of rotatable bonds is 2. The van der Waals surface area contributed by atoms with Gasteiger partial charge in [0.05, 0.1) is 0 Å². The Hall–Kier alpha value is -1.88. The molecule has 3 heterocycles. The fourth-order valence-electron chi connectivity index (χ4n) is 2.64. The van der Waals surface area contributed by atoms with Crippen molar-refractivity contribution < 1.29 is 0 Å². The van der Waals surface area contributed by atoms with Crippen molar-refractivity contribution in [3.63, 3.8) is 0 Å². The molecule has 3 rings (SSSR count). The van der Waals surface area contributed by atoms with Gasteiger partial charge in [-0.05, 0) is 26.0 Å². The van der Waals surface area contributed by atoms with Crippen LogP contribution in [0.4, 0.5) is 11.5 Å². The zero-order valence-electron chi connectivity index (χ0n) is 12.3. The molecule has 0 unspecified atom stereocenters. The van der Waals surface area contributed by atoms with Crippen LogP contribution >= 0.6 is 11.6 Å². The van der Waals surface area contributed by atoms with Gasteiger partial charge < -0.3 is 9.80 Å². The average Bonchev–Trinajstić information content (AvgIpc) is 2.46. The Morgan fingerprint density at radius 3 is 2.38 bits per heavy atom. The van der Waals surface area contributed by atoms with Crippen LogP contribution < -0.4 is 9.80 Å². The fraction of sp³-hybridized carbons (Fsp3) is 0.400. The lowest BCUT2D eigenvalue weighted by atomic mass is 10.2. The number of hydrogen-bond donors (Lipinski definition) is 0. The second-order valence-electron chi connectivity index (χ2n) is 5.23. The van der Waals surface area contributed by atoms with Gasteiger partial charge in [-0.25, -0.2) is 15.0 Å². The molecule has 1 fully saturated rings. The van der Waals surface area contributed by atoms with Crippen LogP contribution in [-0.4, -0.2) is 41.1 Å². The summed E-state index contributed by atoms with van der Waals surface area (Å²) < 4.78 is 0. The van der Waals surface area contributed by atoms with Crippen LogP contribution in [0.1, 0.15) is 11.5 Å². The number of aryl methyl sites for hydroxylation is 2. The predicted octanol–water partition coefficient (Wildman–Crippen LogP) is 2.47. The van der Waals surface area contributed by atoms with Crippen molar-refractivity contribution in [3.8, 4) is 0 Å². The monoisotopic (exact) mass is 303 g/mol. The minimum absolute atomic E-state index is 0.539. The Labute approximate surface area is 129 Å². The van der Waals surface area contributed by atoms with E-state index in [4.69, 9.17) is 11.6 Å². The van der Waals surface area contributed by atoms with Crippen molar-refractivity contribution in [1.82, 2.24) is 15.0 Å². The van der Waals surface area contributed by atoms with E-state index in [1.165, 1.54) is 0 Å². The molecule has 5 nitrogen and oxygen atoms in total. The van der Waals surface area contributed by atoms with Gasteiger partial charge in [0.1, 0.15) is 16.8 Å². The van der Waals surface area contributed by atoms with E-state index in [0.29, 0.717) is 5.15 Å². The summed E-state index contributed by atoms with van der Waals surface area (Å²) in [5.74, 6) is 1.85.